The van der Waals surface area contributed by atoms with Crippen LogP contribution in [0.2, 0.25) is 0 Å². The van der Waals surface area contributed by atoms with Gasteiger partial charge in [0.25, 0.3) is 0 Å². The number of rotatable bonds is 8. The van der Waals surface area contributed by atoms with Crippen LogP contribution in [0.3, 0.4) is 0 Å². The molecule has 0 aromatic heterocycles. The summed E-state index contributed by atoms with van der Waals surface area (Å²) in [6.07, 6.45) is 0.740. The number of nitrogens with one attached hydrogen (secondary N) is 2. The Morgan fingerprint density at radius 1 is 0.969 bits per heavy atom. The van der Waals surface area contributed by atoms with Crippen molar-refractivity contribution < 1.29 is 9.90 Å². The van der Waals surface area contributed by atoms with Crippen LogP contribution in [-0.2, 0) is 11.3 Å². The second-order valence-corrected chi connectivity index (χ2v) is 8.40. The fourth-order valence-electron chi connectivity index (χ4n) is 4.62. The molecule has 3 N–H and O–H groups in total. The quantitative estimate of drug-likeness (QED) is 0.513. The molecule has 32 heavy (non-hydrogen) atoms. The topological polar surface area (TPSA) is 64.6 Å². The number of benzene rings is 3. The fourth-order valence-corrected chi connectivity index (χ4v) is 4.62. The predicted molar refractivity (Wildman–Crippen MR) is 128 cm³/mol. The molecule has 3 aromatic carbocycles. The van der Waals surface area contributed by atoms with E-state index < -0.39 is 0 Å². The highest BCUT2D eigenvalue weighted by atomic mass is 16.3. The summed E-state index contributed by atoms with van der Waals surface area (Å²) < 4.78 is 0. The van der Waals surface area contributed by atoms with E-state index in [0.717, 1.165) is 25.1 Å². The summed E-state index contributed by atoms with van der Waals surface area (Å²) in [5.41, 5.74) is 3.37. The van der Waals surface area contributed by atoms with Gasteiger partial charge in [0.1, 0.15) is 5.75 Å². The van der Waals surface area contributed by atoms with Crippen LogP contribution in [0.25, 0.3) is 0 Å². The summed E-state index contributed by atoms with van der Waals surface area (Å²) in [5, 5.41) is 16.5. The first kappa shape index (κ1) is 22.1. The minimum atomic E-state index is -0.184. The number of likely N-dealkylation sites (N-methyl/N-ethyl adjacent to an activating group) is 1. The van der Waals surface area contributed by atoms with Crippen LogP contribution >= 0.6 is 0 Å². The lowest BCUT2D eigenvalue weighted by molar-refractivity contribution is -0.125. The van der Waals surface area contributed by atoms with Gasteiger partial charge in [0.2, 0.25) is 5.91 Å². The van der Waals surface area contributed by atoms with Gasteiger partial charge < -0.3 is 15.7 Å². The maximum Gasteiger partial charge on any atom is 0.237 e. The molecule has 1 aliphatic heterocycles. The van der Waals surface area contributed by atoms with Crippen molar-refractivity contribution in [1.82, 2.24) is 15.5 Å². The summed E-state index contributed by atoms with van der Waals surface area (Å²) in [7, 11) is 1.70. The third kappa shape index (κ3) is 5.18. The molecular weight excluding hydrogens is 398 g/mol. The SMILES string of the molecule is CNC(=O)[C@@H]1C[C@H](NCc2ccccc2O)CN1CC(c1ccccc1)c1ccccc1. The number of likely N-dealkylation sites (tertiary alicyclic amines) is 1. The molecule has 5 nitrogen and oxygen atoms in total. The van der Waals surface area contributed by atoms with E-state index in [0.29, 0.717) is 12.3 Å². The smallest absolute Gasteiger partial charge is 0.237 e. The second kappa shape index (κ2) is 10.4. The molecule has 0 spiro atoms. The Labute approximate surface area is 190 Å². The Balaban J connectivity index is 1.52. The molecule has 1 fully saturated rings. The number of carbonyl (C=O) groups excluding carboxylic acids is 1. The maximum atomic E-state index is 12.7. The zero-order valence-corrected chi connectivity index (χ0v) is 18.4. The zero-order valence-electron chi connectivity index (χ0n) is 18.4. The highest BCUT2D eigenvalue weighted by Gasteiger charge is 2.37. The standard InChI is InChI=1S/C27H31N3O2/c1-28-27(32)25-16-23(29-17-22-14-8-9-15-26(22)31)18-30(25)19-24(20-10-4-2-5-11-20)21-12-6-3-7-13-21/h2-15,23-25,29,31H,16-19H2,1H3,(H,28,32)/t23-,25-/m0/s1. The summed E-state index contributed by atoms with van der Waals surface area (Å²) in [6, 6.07) is 28.4. The molecule has 5 heteroatoms. The Bertz CT molecular complexity index is 970. The van der Waals surface area contributed by atoms with E-state index in [1.54, 1.807) is 13.1 Å². The van der Waals surface area contributed by atoms with Crippen molar-refractivity contribution >= 4 is 5.91 Å². The van der Waals surface area contributed by atoms with Gasteiger partial charge in [-0.05, 0) is 23.6 Å². The minimum absolute atomic E-state index is 0.0525. The Morgan fingerprint density at radius 3 is 2.16 bits per heavy atom. The van der Waals surface area contributed by atoms with E-state index in [2.05, 4.69) is 64.1 Å². The molecule has 166 valence electrons. The highest BCUT2D eigenvalue weighted by Crippen LogP contribution is 2.29. The molecule has 0 aliphatic carbocycles. The molecule has 1 amide bonds. The number of hydrogen-bond acceptors (Lipinski definition) is 4. The minimum Gasteiger partial charge on any atom is -0.508 e. The fraction of sp³-hybridized carbons (Fsp3) is 0.296. The first-order chi connectivity index (χ1) is 15.7. The van der Waals surface area contributed by atoms with Crippen LogP contribution in [-0.4, -0.2) is 48.1 Å². The van der Waals surface area contributed by atoms with Crippen molar-refractivity contribution in [2.24, 2.45) is 0 Å². The average Bonchev–Trinajstić information content (AvgIpc) is 3.25. The highest BCUT2D eigenvalue weighted by molar-refractivity contribution is 5.81. The number of phenolic OH excluding ortho intramolecular Hbond substituents is 1. The summed E-state index contributed by atoms with van der Waals surface area (Å²) in [6.45, 7) is 2.12. The number of hydrogen-bond donors (Lipinski definition) is 3. The lowest BCUT2D eigenvalue weighted by atomic mass is 9.90. The van der Waals surface area contributed by atoms with E-state index in [1.807, 2.05) is 30.3 Å². The van der Waals surface area contributed by atoms with Crippen LogP contribution in [0.4, 0.5) is 0 Å². The van der Waals surface area contributed by atoms with Gasteiger partial charge in [-0.2, -0.15) is 0 Å². The molecule has 0 bridgehead atoms. The molecule has 0 unspecified atom stereocenters. The van der Waals surface area contributed by atoms with E-state index in [4.69, 9.17) is 0 Å². The first-order valence-corrected chi connectivity index (χ1v) is 11.2. The van der Waals surface area contributed by atoms with E-state index >= 15 is 0 Å². The van der Waals surface area contributed by atoms with E-state index in [-0.39, 0.29) is 23.9 Å². The lowest BCUT2D eigenvalue weighted by Crippen LogP contribution is -2.43. The third-order valence-electron chi connectivity index (χ3n) is 6.35. The molecule has 3 aromatic rings. The van der Waals surface area contributed by atoms with Gasteiger partial charge in [-0.25, -0.2) is 0 Å². The summed E-state index contributed by atoms with van der Waals surface area (Å²) in [5.74, 6) is 0.532. The normalized spacial score (nSPS) is 18.7. The van der Waals surface area contributed by atoms with E-state index in [1.165, 1.54) is 11.1 Å². The Morgan fingerprint density at radius 2 is 1.56 bits per heavy atom. The van der Waals surface area contributed by atoms with Crippen LogP contribution in [0.15, 0.2) is 84.9 Å². The van der Waals surface area contributed by atoms with Crippen LogP contribution < -0.4 is 10.6 Å². The molecule has 0 radical (unpaired) electrons. The number of amides is 1. The van der Waals surface area contributed by atoms with Gasteiger partial charge >= 0.3 is 0 Å². The monoisotopic (exact) mass is 429 g/mol. The molecule has 1 heterocycles. The third-order valence-corrected chi connectivity index (χ3v) is 6.35. The van der Waals surface area contributed by atoms with Crippen molar-refractivity contribution in [3.63, 3.8) is 0 Å². The number of carbonyl (C=O) groups is 1. The molecular formula is C27H31N3O2. The Kier molecular flexibility index (Phi) is 7.20. The first-order valence-electron chi connectivity index (χ1n) is 11.2. The van der Waals surface area contributed by atoms with Gasteiger partial charge in [-0.15, -0.1) is 0 Å². The maximum absolute atomic E-state index is 12.7. The number of nitrogens with zero attached hydrogens (tertiary/aromatic N) is 1. The molecule has 1 aliphatic rings. The van der Waals surface area contributed by atoms with Crippen molar-refractivity contribution in [3.05, 3.63) is 102 Å². The van der Waals surface area contributed by atoms with Gasteiger partial charge in [-0.1, -0.05) is 78.9 Å². The molecule has 2 atom stereocenters. The number of phenols is 1. The second-order valence-electron chi connectivity index (χ2n) is 8.40. The average molecular weight is 430 g/mol. The predicted octanol–water partition coefficient (Wildman–Crippen LogP) is 3.50. The van der Waals surface area contributed by atoms with Crippen LogP contribution in [0, 0.1) is 0 Å². The lowest BCUT2D eigenvalue weighted by Gasteiger charge is -2.28. The van der Waals surface area contributed by atoms with Crippen LogP contribution in [0.5, 0.6) is 5.75 Å². The van der Waals surface area contributed by atoms with Gasteiger partial charge in [0.15, 0.2) is 0 Å². The van der Waals surface area contributed by atoms with Crippen molar-refractivity contribution in [2.45, 2.75) is 31.0 Å². The van der Waals surface area contributed by atoms with Crippen molar-refractivity contribution in [1.29, 1.82) is 0 Å². The zero-order chi connectivity index (χ0) is 22.3. The van der Waals surface area contributed by atoms with Crippen LogP contribution in [0.1, 0.15) is 29.0 Å². The molecule has 1 saturated heterocycles. The van der Waals surface area contributed by atoms with Gasteiger partial charge in [-0.3, -0.25) is 9.69 Å². The molecule has 0 saturated carbocycles. The summed E-state index contributed by atoms with van der Waals surface area (Å²) >= 11 is 0. The number of para-hydroxylation sites is 1. The Hall–Kier alpha value is -3.15. The van der Waals surface area contributed by atoms with Crippen molar-refractivity contribution in [2.75, 3.05) is 20.1 Å². The molecule has 4 rings (SSSR count). The largest absolute Gasteiger partial charge is 0.508 e. The van der Waals surface area contributed by atoms with E-state index in [9.17, 15) is 9.90 Å². The summed E-state index contributed by atoms with van der Waals surface area (Å²) in [4.78, 5) is 15.0. The number of aromatic hydroxyl groups is 1. The van der Waals surface area contributed by atoms with Gasteiger partial charge in [0, 0.05) is 44.2 Å². The van der Waals surface area contributed by atoms with Gasteiger partial charge in [0.05, 0.1) is 6.04 Å². The van der Waals surface area contributed by atoms with Crippen molar-refractivity contribution in [3.8, 4) is 5.75 Å².